The molecule has 0 unspecified atom stereocenters. The second-order valence-corrected chi connectivity index (χ2v) is 7.76. The van der Waals surface area contributed by atoms with E-state index in [9.17, 15) is 0 Å². The van der Waals surface area contributed by atoms with Crippen molar-refractivity contribution in [3.8, 4) is 0 Å². The summed E-state index contributed by atoms with van der Waals surface area (Å²) in [4.78, 5) is 9.20. The average Bonchev–Trinajstić information content (AvgIpc) is 2.93. The molecule has 0 aliphatic heterocycles. The number of hydrogen-bond acceptors (Lipinski definition) is 6. The second kappa shape index (κ2) is 9.29. The summed E-state index contributed by atoms with van der Waals surface area (Å²) in [5.41, 5.74) is 3.14. The van der Waals surface area contributed by atoms with Crippen LogP contribution in [0.2, 0.25) is 0 Å². The van der Waals surface area contributed by atoms with E-state index in [0.29, 0.717) is 12.5 Å². The van der Waals surface area contributed by atoms with Crippen molar-refractivity contribution in [1.29, 1.82) is 0 Å². The number of thioether (sulfide) groups is 1. The van der Waals surface area contributed by atoms with Crippen LogP contribution in [-0.4, -0.2) is 50.8 Å². The molecule has 3 N–H and O–H groups in total. The molecule has 0 amide bonds. The van der Waals surface area contributed by atoms with Crippen LogP contribution in [-0.2, 0) is 7.05 Å². The normalized spacial score (nSPS) is 10.9. The number of hydrogen-bond donors (Lipinski definition) is 3. The molecular weight excluding hydrogens is 390 g/mol. The summed E-state index contributed by atoms with van der Waals surface area (Å²) in [5.74, 6) is 3.09. The summed E-state index contributed by atoms with van der Waals surface area (Å²) in [6.07, 6.45) is 1.99. The maximum atomic E-state index is 8.80. The van der Waals surface area contributed by atoms with Gasteiger partial charge in [-0.15, -0.1) is 0 Å². The largest absolute Gasteiger partial charge is 0.396 e. The number of fused-ring (bicyclic) bond motifs is 1. The van der Waals surface area contributed by atoms with Crippen molar-refractivity contribution in [3.63, 3.8) is 0 Å². The lowest BCUT2D eigenvalue weighted by atomic mass is 10.3. The highest BCUT2D eigenvalue weighted by Crippen LogP contribution is 2.23. The molecule has 0 aliphatic carbocycles. The molecule has 0 aliphatic rings. The first-order valence-electron chi connectivity index (χ1n) is 7.84. The van der Waals surface area contributed by atoms with Crippen LogP contribution >= 0.6 is 27.7 Å². The fourth-order valence-corrected chi connectivity index (χ4v) is 2.85. The highest BCUT2D eigenvalue weighted by atomic mass is 79.9. The van der Waals surface area contributed by atoms with Crippen molar-refractivity contribution in [3.05, 3.63) is 22.3 Å². The van der Waals surface area contributed by atoms with Gasteiger partial charge < -0.3 is 20.3 Å². The van der Waals surface area contributed by atoms with E-state index in [1.807, 2.05) is 23.9 Å². The van der Waals surface area contributed by atoms with Gasteiger partial charge >= 0.3 is 0 Å². The number of anilines is 2. The van der Waals surface area contributed by atoms with Gasteiger partial charge in [0.2, 0.25) is 5.95 Å². The number of aliphatic hydroxyl groups excluding tert-OH is 1. The fraction of sp³-hybridized carbons (Fsp3) is 0.500. The first-order valence-corrected chi connectivity index (χ1v) is 9.79. The molecule has 2 rings (SSSR count). The van der Waals surface area contributed by atoms with Crippen LogP contribution in [0, 0.1) is 0 Å². The fourth-order valence-electron chi connectivity index (χ4n) is 2.14. The lowest BCUT2D eigenvalue weighted by molar-refractivity contribution is 0.322. The molecule has 24 heavy (non-hydrogen) atoms. The maximum absolute atomic E-state index is 8.80. The third-order valence-electron chi connectivity index (χ3n) is 3.44. The zero-order valence-corrected chi connectivity index (χ0v) is 16.7. The molecule has 2 aromatic rings. The van der Waals surface area contributed by atoms with Gasteiger partial charge in [-0.2, -0.15) is 16.7 Å². The first-order chi connectivity index (χ1) is 11.5. The Morgan fingerprint density at radius 2 is 2.08 bits per heavy atom. The standard InChI is InChI=1S/C16H24BrN5OS/c1-11(2)12(17)10-19-15-14-13(4-6-22(14)3)20-16(21-15)18-5-8-24-9-7-23/h4,6,23H,5,7-10H2,1-3H3,(H2,18,19,20,21). The predicted molar refractivity (Wildman–Crippen MR) is 107 cm³/mol. The van der Waals surface area contributed by atoms with E-state index >= 15 is 0 Å². The van der Waals surface area contributed by atoms with Gasteiger partial charge in [0, 0.05) is 42.3 Å². The molecule has 6 nitrogen and oxygen atoms in total. The van der Waals surface area contributed by atoms with Gasteiger partial charge in [0.1, 0.15) is 5.52 Å². The number of rotatable bonds is 9. The lowest BCUT2D eigenvalue weighted by Crippen LogP contribution is -2.12. The van der Waals surface area contributed by atoms with E-state index in [2.05, 4.69) is 50.4 Å². The zero-order valence-electron chi connectivity index (χ0n) is 14.3. The Morgan fingerprint density at radius 1 is 1.29 bits per heavy atom. The van der Waals surface area contributed by atoms with Crippen LogP contribution < -0.4 is 10.6 Å². The van der Waals surface area contributed by atoms with Crippen LogP contribution in [0.3, 0.4) is 0 Å². The van der Waals surface area contributed by atoms with E-state index in [1.54, 1.807) is 11.8 Å². The van der Waals surface area contributed by atoms with Gasteiger partial charge in [0.15, 0.2) is 5.82 Å². The van der Waals surface area contributed by atoms with Crippen LogP contribution in [0.25, 0.3) is 11.0 Å². The highest BCUT2D eigenvalue weighted by Gasteiger charge is 2.11. The van der Waals surface area contributed by atoms with Gasteiger partial charge in [-0.3, -0.25) is 0 Å². The molecule has 8 heteroatoms. The Bertz CT molecular complexity index is 712. The third kappa shape index (κ3) is 5.12. The quantitative estimate of drug-likeness (QED) is 0.548. The Balaban J connectivity index is 2.14. The molecule has 0 aromatic carbocycles. The predicted octanol–water partition coefficient (Wildman–Crippen LogP) is 3.21. The van der Waals surface area contributed by atoms with E-state index in [-0.39, 0.29) is 6.61 Å². The number of halogens is 1. The minimum Gasteiger partial charge on any atom is -0.396 e. The van der Waals surface area contributed by atoms with Gasteiger partial charge in [0.05, 0.1) is 12.1 Å². The van der Waals surface area contributed by atoms with Gasteiger partial charge in [-0.05, 0) is 19.9 Å². The van der Waals surface area contributed by atoms with E-state index in [0.717, 1.165) is 39.4 Å². The minimum absolute atomic E-state index is 0.213. The Kier molecular flexibility index (Phi) is 7.39. The molecule has 0 bridgehead atoms. The van der Waals surface area contributed by atoms with E-state index in [4.69, 9.17) is 5.11 Å². The second-order valence-electron chi connectivity index (χ2n) is 5.58. The number of aliphatic hydroxyl groups is 1. The average molecular weight is 414 g/mol. The summed E-state index contributed by atoms with van der Waals surface area (Å²) < 4.78 is 3.15. The smallest absolute Gasteiger partial charge is 0.225 e. The van der Waals surface area contributed by atoms with Crippen LogP contribution in [0.5, 0.6) is 0 Å². The van der Waals surface area contributed by atoms with Crippen molar-refractivity contribution >= 4 is 50.5 Å². The molecule has 2 aromatic heterocycles. The van der Waals surface area contributed by atoms with Gasteiger partial charge in [-0.1, -0.05) is 21.5 Å². The lowest BCUT2D eigenvalue weighted by Gasteiger charge is -2.12. The SMILES string of the molecule is CC(C)=C(Br)CNc1nc(NCCSCCO)nc2ccn(C)c12. The zero-order chi connectivity index (χ0) is 17.5. The Hall–Kier alpha value is -1.25. The maximum Gasteiger partial charge on any atom is 0.225 e. The topological polar surface area (TPSA) is 75.0 Å². The van der Waals surface area contributed by atoms with E-state index < -0.39 is 0 Å². The molecular formula is C16H24BrN5OS. The van der Waals surface area contributed by atoms with Crippen molar-refractivity contribution in [2.24, 2.45) is 7.05 Å². The van der Waals surface area contributed by atoms with Crippen molar-refractivity contribution in [1.82, 2.24) is 14.5 Å². The number of allylic oxidation sites excluding steroid dienone is 1. The monoisotopic (exact) mass is 413 g/mol. The van der Waals surface area contributed by atoms with Crippen molar-refractivity contribution in [2.45, 2.75) is 13.8 Å². The minimum atomic E-state index is 0.213. The van der Waals surface area contributed by atoms with Gasteiger partial charge in [0.25, 0.3) is 0 Å². The first kappa shape index (κ1) is 19.1. The summed E-state index contributed by atoms with van der Waals surface area (Å²) in [6.45, 7) is 5.80. The van der Waals surface area contributed by atoms with Crippen LogP contribution in [0.1, 0.15) is 13.8 Å². The number of aromatic nitrogens is 3. The molecule has 132 valence electrons. The molecule has 0 spiro atoms. The Labute approximate surface area is 155 Å². The number of aryl methyl sites for hydroxylation is 1. The summed E-state index contributed by atoms with van der Waals surface area (Å²) in [6, 6.07) is 1.99. The molecule has 0 saturated carbocycles. The van der Waals surface area contributed by atoms with Gasteiger partial charge in [-0.25, -0.2) is 4.98 Å². The summed E-state index contributed by atoms with van der Waals surface area (Å²) in [7, 11) is 1.99. The third-order valence-corrected chi connectivity index (χ3v) is 5.48. The highest BCUT2D eigenvalue weighted by molar-refractivity contribution is 9.11. The summed E-state index contributed by atoms with van der Waals surface area (Å²) in [5, 5.41) is 15.4. The molecule has 0 saturated heterocycles. The van der Waals surface area contributed by atoms with Crippen LogP contribution in [0.15, 0.2) is 22.3 Å². The number of nitrogens with zero attached hydrogens (tertiary/aromatic N) is 3. The molecule has 2 heterocycles. The molecule has 0 radical (unpaired) electrons. The molecule has 0 atom stereocenters. The van der Waals surface area contributed by atoms with Crippen molar-refractivity contribution < 1.29 is 5.11 Å². The van der Waals surface area contributed by atoms with Crippen LogP contribution in [0.4, 0.5) is 11.8 Å². The van der Waals surface area contributed by atoms with E-state index in [1.165, 1.54) is 5.57 Å². The molecule has 0 fully saturated rings. The Morgan fingerprint density at radius 3 is 2.79 bits per heavy atom. The van der Waals surface area contributed by atoms with Crippen molar-refractivity contribution in [2.75, 3.05) is 41.8 Å². The summed E-state index contributed by atoms with van der Waals surface area (Å²) >= 11 is 5.29. The number of nitrogens with one attached hydrogen (secondary N) is 2.